The van der Waals surface area contributed by atoms with Crippen LogP contribution in [0, 0.1) is 0 Å². The third-order valence-corrected chi connectivity index (χ3v) is 4.92. The molecular weight excluding hydrogens is 390 g/mol. The SMILES string of the molecule is CC(C)N(Cc1ccccc1OCCCCCC(=O)O)C(=O)c1ccccc1Cl. The second-order valence-electron chi connectivity index (χ2n) is 7.17. The number of carboxylic acid groups (broad SMARTS) is 1. The molecule has 5 nitrogen and oxygen atoms in total. The number of rotatable bonds is 11. The highest BCUT2D eigenvalue weighted by atomic mass is 35.5. The fourth-order valence-corrected chi connectivity index (χ4v) is 3.19. The van der Waals surface area contributed by atoms with E-state index in [1.165, 1.54) is 0 Å². The van der Waals surface area contributed by atoms with Crippen LogP contribution in [0.4, 0.5) is 0 Å². The molecule has 2 rings (SSSR count). The summed E-state index contributed by atoms with van der Waals surface area (Å²) in [4.78, 5) is 25.4. The van der Waals surface area contributed by atoms with Gasteiger partial charge in [0.05, 0.1) is 17.2 Å². The molecule has 0 saturated heterocycles. The van der Waals surface area contributed by atoms with Gasteiger partial charge in [0.25, 0.3) is 5.91 Å². The third kappa shape index (κ3) is 7.09. The Hall–Kier alpha value is -2.53. The Morgan fingerprint density at radius 2 is 1.72 bits per heavy atom. The van der Waals surface area contributed by atoms with E-state index in [-0.39, 0.29) is 18.4 Å². The van der Waals surface area contributed by atoms with E-state index in [4.69, 9.17) is 21.4 Å². The van der Waals surface area contributed by atoms with Gasteiger partial charge in [0.15, 0.2) is 0 Å². The summed E-state index contributed by atoms with van der Waals surface area (Å²) in [6.45, 7) is 4.87. The van der Waals surface area contributed by atoms with Gasteiger partial charge in [0.1, 0.15) is 5.75 Å². The van der Waals surface area contributed by atoms with E-state index in [0.29, 0.717) is 30.2 Å². The van der Waals surface area contributed by atoms with E-state index < -0.39 is 5.97 Å². The average Bonchev–Trinajstić information content (AvgIpc) is 2.69. The standard InChI is InChI=1S/C23H28ClNO4/c1-17(2)25(23(28)19-11-6-7-12-20(19)24)16-18-10-5-8-13-21(18)29-15-9-3-4-14-22(26)27/h5-8,10-13,17H,3-4,9,14-16H2,1-2H3,(H,26,27). The maximum atomic E-state index is 13.1. The van der Waals surface area contributed by atoms with Crippen molar-refractivity contribution in [2.45, 2.75) is 52.1 Å². The van der Waals surface area contributed by atoms with Crippen LogP contribution in [0.2, 0.25) is 5.02 Å². The van der Waals surface area contributed by atoms with E-state index in [0.717, 1.165) is 24.2 Å². The van der Waals surface area contributed by atoms with Crippen LogP contribution in [0.25, 0.3) is 0 Å². The first-order valence-electron chi connectivity index (χ1n) is 9.88. The van der Waals surface area contributed by atoms with Gasteiger partial charge in [0, 0.05) is 24.6 Å². The third-order valence-electron chi connectivity index (χ3n) is 4.59. The van der Waals surface area contributed by atoms with Crippen molar-refractivity contribution in [3.63, 3.8) is 0 Å². The summed E-state index contributed by atoms with van der Waals surface area (Å²) in [5.41, 5.74) is 1.41. The van der Waals surface area contributed by atoms with Gasteiger partial charge in [-0.1, -0.05) is 41.9 Å². The number of para-hydroxylation sites is 1. The number of nitrogens with zero attached hydrogens (tertiary/aromatic N) is 1. The molecule has 0 radical (unpaired) electrons. The summed E-state index contributed by atoms with van der Waals surface area (Å²) >= 11 is 6.22. The van der Waals surface area contributed by atoms with Crippen molar-refractivity contribution in [2.24, 2.45) is 0 Å². The highest BCUT2D eigenvalue weighted by Gasteiger charge is 2.22. The molecule has 0 saturated carbocycles. The highest BCUT2D eigenvalue weighted by molar-refractivity contribution is 6.33. The van der Waals surface area contributed by atoms with Crippen LogP contribution in [0.3, 0.4) is 0 Å². The van der Waals surface area contributed by atoms with Gasteiger partial charge < -0.3 is 14.7 Å². The molecule has 156 valence electrons. The van der Waals surface area contributed by atoms with Crippen molar-refractivity contribution in [1.82, 2.24) is 4.90 Å². The monoisotopic (exact) mass is 417 g/mol. The number of ether oxygens (including phenoxy) is 1. The number of carbonyl (C=O) groups excluding carboxylic acids is 1. The lowest BCUT2D eigenvalue weighted by Crippen LogP contribution is -2.36. The molecule has 0 aliphatic carbocycles. The lowest BCUT2D eigenvalue weighted by Gasteiger charge is -2.28. The minimum Gasteiger partial charge on any atom is -0.493 e. The van der Waals surface area contributed by atoms with Gasteiger partial charge >= 0.3 is 5.97 Å². The smallest absolute Gasteiger partial charge is 0.303 e. The molecule has 1 amide bonds. The lowest BCUT2D eigenvalue weighted by molar-refractivity contribution is -0.137. The number of halogens is 1. The molecule has 0 unspecified atom stereocenters. The molecule has 2 aromatic rings. The molecule has 0 fully saturated rings. The lowest BCUT2D eigenvalue weighted by atomic mass is 10.1. The molecule has 0 atom stereocenters. The van der Waals surface area contributed by atoms with E-state index in [2.05, 4.69) is 0 Å². The van der Waals surface area contributed by atoms with Crippen molar-refractivity contribution >= 4 is 23.5 Å². The molecule has 0 aliphatic rings. The molecule has 0 aliphatic heterocycles. The van der Waals surface area contributed by atoms with Crippen molar-refractivity contribution in [1.29, 1.82) is 0 Å². The quantitative estimate of drug-likeness (QED) is 0.496. The van der Waals surface area contributed by atoms with Crippen molar-refractivity contribution in [2.75, 3.05) is 6.61 Å². The summed E-state index contributed by atoms with van der Waals surface area (Å²) < 4.78 is 5.92. The first kappa shape index (κ1) is 22.8. The summed E-state index contributed by atoms with van der Waals surface area (Å²) in [6, 6.07) is 14.7. The van der Waals surface area contributed by atoms with Gasteiger partial charge in [-0.25, -0.2) is 0 Å². The minimum atomic E-state index is -0.770. The van der Waals surface area contributed by atoms with Crippen molar-refractivity contribution in [3.8, 4) is 5.75 Å². The van der Waals surface area contributed by atoms with Gasteiger partial charge in [-0.2, -0.15) is 0 Å². The Bertz CT molecular complexity index is 822. The van der Waals surface area contributed by atoms with Crippen LogP contribution >= 0.6 is 11.6 Å². The Kier molecular flexibility index (Phi) is 9.00. The minimum absolute atomic E-state index is 0.0113. The van der Waals surface area contributed by atoms with Crippen LogP contribution in [-0.4, -0.2) is 34.5 Å². The fraction of sp³-hybridized carbons (Fsp3) is 0.391. The summed E-state index contributed by atoms with van der Waals surface area (Å²) in [6.07, 6.45) is 2.42. The van der Waals surface area contributed by atoms with Crippen molar-refractivity contribution < 1.29 is 19.4 Å². The zero-order chi connectivity index (χ0) is 21.2. The second-order valence-corrected chi connectivity index (χ2v) is 7.57. The number of carbonyl (C=O) groups is 2. The maximum absolute atomic E-state index is 13.1. The molecule has 0 aromatic heterocycles. The van der Waals surface area contributed by atoms with Crippen LogP contribution in [0.15, 0.2) is 48.5 Å². The van der Waals surface area contributed by atoms with E-state index in [1.54, 1.807) is 29.2 Å². The molecule has 0 spiro atoms. The molecule has 6 heteroatoms. The zero-order valence-corrected chi connectivity index (χ0v) is 17.7. The van der Waals surface area contributed by atoms with Crippen LogP contribution in [0.5, 0.6) is 5.75 Å². The number of unbranched alkanes of at least 4 members (excludes halogenated alkanes) is 2. The summed E-state index contributed by atoms with van der Waals surface area (Å²) in [5.74, 6) is -0.148. The van der Waals surface area contributed by atoms with E-state index >= 15 is 0 Å². The number of aliphatic carboxylic acids is 1. The maximum Gasteiger partial charge on any atom is 0.303 e. The molecule has 29 heavy (non-hydrogen) atoms. The number of benzene rings is 2. The van der Waals surface area contributed by atoms with Crippen LogP contribution in [0.1, 0.15) is 55.5 Å². The van der Waals surface area contributed by atoms with Gasteiger partial charge in [-0.3, -0.25) is 9.59 Å². The summed E-state index contributed by atoms with van der Waals surface area (Å²) in [7, 11) is 0. The first-order valence-corrected chi connectivity index (χ1v) is 10.3. The number of hydrogen-bond acceptors (Lipinski definition) is 3. The van der Waals surface area contributed by atoms with Gasteiger partial charge in [0.2, 0.25) is 0 Å². The Balaban J connectivity index is 2.04. The number of carboxylic acids is 1. The topological polar surface area (TPSA) is 66.8 Å². The predicted molar refractivity (Wildman–Crippen MR) is 115 cm³/mol. The number of hydrogen-bond donors (Lipinski definition) is 1. The molecule has 0 heterocycles. The molecule has 2 aromatic carbocycles. The van der Waals surface area contributed by atoms with Crippen LogP contribution in [-0.2, 0) is 11.3 Å². The van der Waals surface area contributed by atoms with E-state index in [9.17, 15) is 9.59 Å². The molecule has 1 N–H and O–H groups in total. The first-order chi connectivity index (χ1) is 13.9. The predicted octanol–water partition coefficient (Wildman–Crippen LogP) is 5.41. The molecule has 0 bridgehead atoms. The fourth-order valence-electron chi connectivity index (χ4n) is 2.97. The number of amides is 1. The van der Waals surface area contributed by atoms with Gasteiger partial charge in [-0.15, -0.1) is 0 Å². The van der Waals surface area contributed by atoms with E-state index in [1.807, 2.05) is 38.1 Å². The average molecular weight is 418 g/mol. The van der Waals surface area contributed by atoms with Gasteiger partial charge in [-0.05, 0) is 51.3 Å². The normalized spacial score (nSPS) is 10.8. The molecular formula is C23H28ClNO4. The Morgan fingerprint density at radius 3 is 2.41 bits per heavy atom. The summed E-state index contributed by atoms with van der Waals surface area (Å²) in [5, 5.41) is 9.12. The Labute approximate surface area is 177 Å². The highest BCUT2D eigenvalue weighted by Crippen LogP contribution is 2.24. The second kappa shape index (κ2) is 11.5. The largest absolute Gasteiger partial charge is 0.493 e. The Morgan fingerprint density at radius 1 is 1.03 bits per heavy atom. The zero-order valence-electron chi connectivity index (χ0n) is 16.9. The van der Waals surface area contributed by atoms with Crippen molar-refractivity contribution in [3.05, 3.63) is 64.7 Å². The van der Waals surface area contributed by atoms with Crippen LogP contribution < -0.4 is 4.74 Å².